The molecule has 0 aliphatic carbocycles. The molecule has 0 aliphatic rings. The zero-order chi connectivity index (χ0) is 5.86. The van der Waals surface area contributed by atoms with E-state index in [0.29, 0.717) is 0 Å². The quantitative estimate of drug-likeness (QED) is 0.634. The Bertz CT molecular complexity index is 44.5. The van der Waals surface area contributed by atoms with Crippen LogP contribution in [0, 0.1) is 5.92 Å². The summed E-state index contributed by atoms with van der Waals surface area (Å²) in [6.45, 7) is 3.53. The molecule has 2 atom stereocenters. The molecular weight excluding hydrogens is 128 g/mol. The summed E-state index contributed by atoms with van der Waals surface area (Å²) in [5.74, 6) is 0.0139. The highest BCUT2D eigenvalue weighted by Crippen LogP contribution is 1.97. The van der Waals surface area contributed by atoms with E-state index in [1.54, 1.807) is 13.8 Å². The van der Waals surface area contributed by atoms with E-state index < -0.39 is 0 Å². The molecule has 68 valence electrons. The van der Waals surface area contributed by atoms with Gasteiger partial charge in [-0.3, -0.25) is 0 Å². The monoisotopic (exact) mass is 152 g/mol. The molecule has 0 spiro atoms. The predicted molar refractivity (Wildman–Crippen MR) is 48.1 cm³/mol. The SMILES string of the molecule is C.C.C.CC(O)C(C)CO. The second kappa shape index (κ2) is 11.7. The lowest BCUT2D eigenvalue weighted by molar-refractivity contribution is 0.0913. The summed E-state index contributed by atoms with van der Waals surface area (Å²) < 4.78 is 0. The Balaban J connectivity index is -0.0000000600. The lowest BCUT2D eigenvalue weighted by Crippen LogP contribution is -2.16. The van der Waals surface area contributed by atoms with Gasteiger partial charge in [-0.15, -0.1) is 0 Å². The van der Waals surface area contributed by atoms with Gasteiger partial charge < -0.3 is 10.2 Å². The van der Waals surface area contributed by atoms with E-state index >= 15 is 0 Å². The summed E-state index contributed by atoms with van der Waals surface area (Å²) in [5, 5.41) is 17.0. The normalized spacial score (nSPS) is 13.2. The van der Waals surface area contributed by atoms with Crippen molar-refractivity contribution in [1.82, 2.24) is 0 Å². The van der Waals surface area contributed by atoms with Gasteiger partial charge in [-0.2, -0.15) is 0 Å². The summed E-state index contributed by atoms with van der Waals surface area (Å²) in [6, 6.07) is 0. The van der Waals surface area contributed by atoms with Crippen LogP contribution in [-0.4, -0.2) is 22.9 Å². The van der Waals surface area contributed by atoms with Crippen LogP contribution in [0.5, 0.6) is 0 Å². The lowest BCUT2D eigenvalue weighted by atomic mass is 10.1. The Morgan fingerprint density at radius 2 is 1.40 bits per heavy atom. The average Bonchev–Trinajstić information content (AvgIpc) is 1.65. The summed E-state index contributed by atoms with van der Waals surface area (Å²) in [7, 11) is 0. The van der Waals surface area contributed by atoms with Gasteiger partial charge in [0.05, 0.1) is 6.10 Å². The molecule has 0 aliphatic heterocycles. The first-order valence-corrected chi connectivity index (χ1v) is 2.47. The molecule has 2 heteroatoms. The molecule has 0 saturated heterocycles. The van der Waals surface area contributed by atoms with Crippen molar-refractivity contribution in [3.8, 4) is 0 Å². The van der Waals surface area contributed by atoms with Crippen molar-refractivity contribution in [3.63, 3.8) is 0 Å². The van der Waals surface area contributed by atoms with Crippen LogP contribution in [0.25, 0.3) is 0 Å². The molecule has 0 aromatic carbocycles. The maximum atomic E-state index is 8.66. The van der Waals surface area contributed by atoms with E-state index in [4.69, 9.17) is 10.2 Å². The van der Waals surface area contributed by atoms with Crippen molar-refractivity contribution in [2.45, 2.75) is 42.2 Å². The van der Waals surface area contributed by atoms with Crippen molar-refractivity contribution in [2.24, 2.45) is 5.92 Å². The molecule has 0 radical (unpaired) electrons. The molecular formula is C8H24O2. The molecule has 0 aromatic heterocycles. The standard InChI is InChI=1S/C5H12O2.3CH4/c1-4(3-6)5(2)7;;;/h4-7H,3H2,1-2H3;3*1H4. The number of aliphatic hydroxyl groups excluding tert-OH is 2. The summed E-state index contributed by atoms with van der Waals surface area (Å²) in [4.78, 5) is 0. The first kappa shape index (κ1) is 22.5. The first-order valence-electron chi connectivity index (χ1n) is 2.47. The van der Waals surface area contributed by atoms with Crippen molar-refractivity contribution in [3.05, 3.63) is 0 Å². The molecule has 0 rings (SSSR count). The summed E-state index contributed by atoms with van der Waals surface area (Å²) in [6.07, 6.45) is -0.384. The Morgan fingerprint density at radius 3 is 1.40 bits per heavy atom. The maximum Gasteiger partial charge on any atom is 0.0559 e. The van der Waals surface area contributed by atoms with Crippen LogP contribution in [-0.2, 0) is 0 Å². The molecule has 2 nitrogen and oxygen atoms in total. The van der Waals surface area contributed by atoms with E-state index in [2.05, 4.69) is 0 Å². The van der Waals surface area contributed by atoms with E-state index in [9.17, 15) is 0 Å². The minimum atomic E-state index is -0.384. The number of aliphatic hydroxyl groups is 2. The smallest absolute Gasteiger partial charge is 0.0559 e. The lowest BCUT2D eigenvalue weighted by Gasteiger charge is -2.08. The summed E-state index contributed by atoms with van der Waals surface area (Å²) >= 11 is 0. The molecule has 0 saturated carbocycles. The molecule has 0 heterocycles. The summed E-state index contributed by atoms with van der Waals surface area (Å²) in [5.41, 5.74) is 0. The van der Waals surface area contributed by atoms with Crippen LogP contribution in [0.2, 0.25) is 0 Å². The molecule has 2 N–H and O–H groups in total. The van der Waals surface area contributed by atoms with Gasteiger partial charge in [0.1, 0.15) is 0 Å². The predicted octanol–water partition coefficient (Wildman–Crippen LogP) is 1.90. The van der Waals surface area contributed by atoms with Crippen LogP contribution in [0.1, 0.15) is 36.1 Å². The molecule has 0 amide bonds. The minimum Gasteiger partial charge on any atom is -0.396 e. The van der Waals surface area contributed by atoms with Gasteiger partial charge in [0.25, 0.3) is 0 Å². The van der Waals surface area contributed by atoms with Crippen molar-refractivity contribution >= 4 is 0 Å². The molecule has 0 aromatic rings. The Hall–Kier alpha value is -0.0800. The topological polar surface area (TPSA) is 40.5 Å². The molecule has 0 bridgehead atoms. The van der Waals surface area contributed by atoms with Crippen LogP contribution in [0.3, 0.4) is 0 Å². The third-order valence-corrected chi connectivity index (χ3v) is 1.11. The molecule has 10 heavy (non-hydrogen) atoms. The van der Waals surface area contributed by atoms with Crippen molar-refractivity contribution in [1.29, 1.82) is 0 Å². The van der Waals surface area contributed by atoms with Gasteiger partial charge >= 0.3 is 0 Å². The molecule has 0 fully saturated rings. The first-order chi connectivity index (χ1) is 3.18. The van der Waals surface area contributed by atoms with Gasteiger partial charge in [0.15, 0.2) is 0 Å². The second-order valence-corrected chi connectivity index (χ2v) is 1.90. The third-order valence-electron chi connectivity index (χ3n) is 1.11. The molecule has 2 unspecified atom stereocenters. The number of rotatable bonds is 2. The second-order valence-electron chi connectivity index (χ2n) is 1.90. The van der Waals surface area contributed by atoms with Crippen LogP contribution in [0.4, 0.5) is 0 Å². The number of hydrogen-bond acceptors (Lipinski definition) is 2. The highest BCUT2D eigenvalue weighted by Gasteiger charge is 2.04. The van der Waals surface area contributed by atoms with E-state index in [0.717, 1.165) is 0 Å². The van der Waals surface area contributed by atoms with Gasteiger partial charge in [-0.05, 0) is 6.92 Å². The average molecular weight is 152 g/mol. The highest BCUT2D eigenvalue weighted by atomic mass is 16.3. The van der Waals surface area contributed by atoms with Crippen LogP contribution in [0.15, 0.2) is 0 Å². The van der Waals surface area contributed by atoms with Gasteiger partial charge in [0, 0.05) is 12.5 Å². The largest absolute Gasteiger partial charge is 0.396 e. The fourth-order valence-corrected chi connectivity index (χ4v) is 0.153. The van der Waals surface area contributed by atoms with Gasteiger partial charge in [-0.1, -0.05) is 29.2 Å². The number of hydrogen-bond donors (Lipinski definition) is 2. The minimum absolute atomic E-state index is 0. The van der Waals surface area contributed by atoms with Crippen molar-refractivity contribution < 1.29 is 10.2 Å². The Labute approximate surface area is 65.9 Å². The van der Waals surface area contributed by atoms with E-state index in [1.807, 2.05) is 0 Å². The van der Waals surface area contributed by atoms with E-state index in [1.165, 1.54) is 0 Å². The fourth-order valence-electron chi connectivity index (χ4n) is 0.153. The highest BCUT2D eigenvalue weighted by molar-refractivity contribution is 4.54. The zero-order valence-electron chi connectivity index (χ0n) is 4.76. The zero-order valence-corrected chi connectivity index (χ0v) is 4.76. The van der Waals surface area contributed by atoms with Gasteiger partial charge in [-0.25, -0.2) is 0 Å². The fraction of sp³-hybridized carbons (Fsp3) is 1.00. The van der Waals surface area contributed by atoms with Gasteiger partial charge in [0.2, 0.25) is 0 Å². The van der Waals surface area contributed by atoms with Crippen molar-refractivity contribution in [2.75, 3.05) is 6.61 Å². The van der Waals surface area contributed by atoms with Crippen LogP contribution >= 0.6 is 0 Å². The maximum absolute atomic E-state index is 8.66. The Kier molecular flexibility index (Phi) is 26.3. The Morgan fingerprint density at radius 1 is 1.10 bits per heavy atom. The van der Waals surface area contributed by atoms with E-state index in [-0.39, 0.29) is 40.9 Å². The third kappa shape index (κ3) is 10.8. The van der Waals surface area contributed by atoms with Crippen LogP contribution < -0.4 is 0 Å².